The summed E-state index contributed by atoms with van der Waals surface area (Å²) in [4.78, 5) is 71.0. The van der Waals surface area contributed by atoms with Crippen molar-refractivity contribution in [2.75, 3.05) is 26.4 Å². The van der Waals surface area contributed by atoms with Crippen LogP contribution in [-0.2, 0) is 19.1 Å². The summed E-state index contributed by atoms with van der Waals surface area (Å²) in [6, 6.07) is -0.831. The van der Waals surface area contributed by atoms with Crippen LogP contribution in [-0.4, -0.2) is 106 Å². The minimum absolute atomic E-state index is 0.0282. The topological polar surface area (TPSA) is 180 Å². The Kier molecular flexibility index (Phi) is 9.10. The molecule has 2 aliphatic heterocycles. The average molecular weight is 607 g/mol. The highest BCUT2D eigenvalue weighted by Gasteiger charge is 2.61. The Morgan fingerprint density at radius 2 is 1.62 bits per heavy atom. The summed E-state index contributed by atoms with van der Waals surface area (Å²) >= 11 is 0. The summed E-state index contributed by atoms with van der Waals surface area (Å²) in [5.74, 6) is -2.33. The van der Waals surface area contributed by atoms with E-state index in [4.69, 9.17) is 16.2 Å². The van der Waals surface area contributed by atoms with E-state index >= 15 is 0 Å². The molecule has 2 heterocycles. The number of β-amino-alcohol motifs (C(OH)–C–C–N with tert-alkyl or cyclic N) is 1. The highest BCUT2D eigenvalue weighted by molar-refractivity contribution is 6.76. The maximum absolute atomic E-state index is 13.5. The largest absolute Gasteiger partial charge is 0.388 e. The fourth-order valence-corrected chi connectivity index (χ4v) is 6.99. The van der Waals surface area contributed by atoms with Gasteiger partial charge in [-0.15, -0.1) is 0 Å². The summed E-state index contributed by atoms with van der Waals surface area (Å²) in [7, 11) is -1.33. The smallest absolute Gasteiger partial charge is 0.334 e. The van der Waals surface area contributed by atoms with Crippen LogP contribution >= 0.6 is 0 Å². The lowest BCUT2D eigenvalue weighted by Crippen LogP contribution is -2.62. The van der Waals surface area contributed by atoms with Crippen LogP contribution in [0.2, 0.25) is 25.7 Å². The molecule has 0 aromatic carbocycles. The zero-order chi connectivity index (χ0) is 31.0. The van der Waals surface area contributed by atoms with E-state index in [2.05, 4.69) is 19.6 Å². The SMILES string of the molecule is CCCCN1C(=O)C(=C(N)N)C(=O)N(C2CCC(O)(CN3C(=O)N(COCC[Si](C)(C)C)C(=O)C34CCC4)CC2)C1=O. The Morgan fingerprint density at radius 3 is 2.14 bits per heavy atom. The van der Waals surface area contributed by atoms with E-state index in [-0.39, 0.29) is 51.4 Å². The van der Waals surface area contributed by atoms with Crippen LogP contribution < -0.4 is 11.5 Å². The van der Waals surface area contributed by atoms with Gasteiger partial charge in [0.25, 0.3) is 17.7 Å². The Balaban J connectivity index is 1.44. The number of imide groups is 3. The minimum atomic E-state index is -1.33. The number of rotatable bonds is 11. The van der Waals surface area contributed by atoms with Gasteiger partial charge in [-0.2, -0.15) is 0 Å². The van der Waals surface area contributed by atoms with Gasteiger partial charge in [0.15, 0.2) is 0 Å². The third kappa shape index (κ3) is 5.93. The zero-order valence-corrected chi connectivity index (χ0v) is 26.3. The Labute approximate surface area is 248 Å². The predicted octanol–water partition coefficient (Wildman–Crippen LogP) is 1.88. The molecule has 0 aromatic heterocycles. The van der Waals surface area contributed by atoms with E-state index in [0.29, 0.717) is 25.9 Å². The molecule has 0 unspecified atom stereocenters. The molecule has 4 aliphatic rings. The molecule has 2 saturated carbocycles. The number of ether oxygens (including phenoxy) is 1. The van der Waals surface area contributed by atoms with Gasteiger partial charge in [0.05, 0.1) is 12.1 Å². The summed E-state index contributed by atoms with van der Waals surface area (Å²) in [5.41, 5.74) is 8.69. The lowest BCUT2D eigenvalue weighted by atomic mass is 9.74. The van der Waals surface area contributed by atoms with E-state index in [1.807, 2.05) is 6.92 Å². The fourth-order valence-electron chi connectivity index (χ4n) is 6.23. The highest BCUT2D eigenvalue weighted by Crippen LogP contribution is 2.46. The molecule has 13 nitrogen and oxygen atoms in total. The quantitative estimate of drug-likeness (QED) is 0.104. The van der Waals surface area contributed by atoms with Crippen LogP contribution in [0.5, 0.6) is 0 Å². The van der Waals surface area contributed by atoms with Crippen molar-refractivity contribution < 1.29 is 33.8 Å². The predicted molar refractivity (Wildman–Crippen MR) is 156 cm³/mol. The zero-order valence-electron chi connectivity index (χ0n) is 25.3. The number of hydrogen-bond donors (Lipinski definition) is 3. The van der Waals surface area contributed by atoms with Gasteiger partial charge in [0, 0.05) is 27.3 Å². The Bertz CT molecular complexity index is 1150. The van der Waals surface area contributed by atoms with Crippen molar-refractivity contribution in [2.45, 2.75) is 108 Å². The summed E-state index contributed by atoms with van der Waals surface area (Å²) in [6.45, 7) is 9.09. The normalized spacial score (nSPS) is 26.5. The van der Waals surface area contributed by atoms with Crippen LogP contribution in [0.25, 0.3) is 0 Å². The standard InChI is InChI=1S/C28H46N6O7Si/c1-5-6-14-31-22(35)20(21(29)30)23(36)34(26(31)39)19-8-12-27(40,13-9-19)17-33-25(38)32(18-41-15-16-42(2,3)4)24(37)28(33)10-7-11-28/h19,40H,5-18,29-30H2,1-4H3. The lowest BCUT2D eigenvalue weighted by molar-refractivity contribution is -0.143. The third-order valence-electron chi connectivity index (χ3n) is 9.08. The molecular formula is C28H46N6O7Si. The van der Waals surface area contributed by atoms with Gasteiger partial charge >= 0.3 is 12.1 Å². The summed E-state index contributed by atoms with van der Waals surface area (Å²) in [5, 5.41) is 11.6. The molecular weight excluding hydrogens is 560 g/mol. The number of hydrogen-bond acceptors (Lipinski definition) is 9. The van der Waals surface area contributed by atoms with Crippen molar-refractivity contribution in [3.8, 4) is 0 Å². The second-order valence-corrected chi connectivity index (χ2v) is 19.0. The van der Waals surface area contributed by atoms with Crippen molar-refractivity contribution in [1.82, 2.24) is 19.6 Å². The molecule has 2 saturated heterocycles. The maximum atomic E-state index is 13.5. The van der Waals surface area contributed by atoms with Crippen LogP contribution in [0.4, 0.5) is 9.59 Å². The van der Waals surface area contributed by atoms with Gasteiger partial charge in [-0.1, -0.05) is 33.0 Å². The first kappa shape index (κ1) is 32.0. The van der Waals surface area contributed by atoms with Crippen LogP contribution in [0, 0.1) is 0 Å². The molecule has 42 heavy (non-hydrogen) atoms. The minimum Gasteiger partial charge on any atom is -0.388 e. The molecule has 0 aromatic rings. The summed E-state index contributed by atoms with van der Waals surface area (Å²) < 4.78 is 5.74. The number of amides is 7. The van der Waals surface area contributed by atoms with E-state index in [1.165, 1.54) is 4.90 Å². The van der Waals surface area contributed by atoms with Crippen LogP contribution in [0.1, 0.15) is 64.7 Å². The van der Waals surface area contributed by atoms with E-state index in [0.717, 1.165) is 33.6 Å². The van der Waals surface area contributed by atoms with Gasteiger partial charge in [0.2, 0.25) is 0 Å². The molecule has 2 aliphatic carbocycles. The lowest BCUT2D eigenvalue weighted by Gasteiger charge is -2.47. The van der Waals surface area contributed by atoms with Crippen molar-refractivity contribution in [3.63, 3.8) is 0 Å². The first-order valence-corrected chi connectivity index (χ1v) is 18.7. The third-order valence-corrected chi connectivity index (χ3v) is 10.8. The van der Waals surface area contributed by atoms with E-state index in [1.54, 1.807) is 0 Å². The maximum Gasteiger partial charge on any atom is 0.334 e. The molecule has 7 amide bonds. The number of nitrogens with zero attached hydrogens (tertiary/aromatic N) is 4. The van der Waals surface area contributed by atoms with Gasteiger partial charge in [-0.3, -0.25) is 24.2 Å². The van der Waals surface area contributed by atoms with Gasteiger partial charge in [-0.05, 0) is 57.4 Å². The number of carbonyl (C=O) groups excluding carboxylic acids is 5. The van der Waals surface area contributed by atoms with Crippen molar-refractivity contribution in [2.24, 2.45) is 11.5 Å². The number of nitrogens with two attached hydrogens (primary N) is 2. The molecule has 1 spiro atoms. The Morgan fingerprint density at radius 1 is 0.976 bits per heavy atom. The molecule has 0 radical (unpaired) electrons. The molecule has 14 heteroatoms. The van der Waals surface area contributed by atoms with E-state index in [9.17, 15) is 29.1 Å². The molecule has 5 N–H and O–H groups in total. The number of carbonyl (C=O) groups is 5. The Hall–Kier alpha value is -2.97. The van der Waals surface area contributed by atoms with Gasteiger partial charge in [0.1, 0.15) is 23.7 Å². The van der Waals surface area contributed by atoms with Crippen LogP contribution in [0.15, 0.2) is 11.4 Å². The molecule has 4 rings (SSSR count). The molecule has 0 atom stereocenters. The monoisotopic (exact) mass is 606 g/mol. The van der Waals surface area contributed by atoms with Crippen molar-refractivity contribution in [1.29, 1.82) is 0 Å². The highest BCUT2D eigenvalue weighted by atomic mass is 28.3. The number of unbranched alkanes of at least 4 members (excludes halogenated alkanes) is 1. The molecule has 0 bridgehead atoms. The molecule has 4 fully saturated rings. The number of aliphatic hydroxyl groups is 1. The van der Waals surface area contributed by atoms with Crippen molar-refractivity contribution in [3.05, 3.63) is 11.4 Å². The molecule has 234 valence electrons. The van der Waals surface area contributed by atoms with Gasteiger partial charge < -0.3 is 26.2 Å². The number of barbiturate groups is 1. The van der Waals surface area contributed by atoms with Crippen LogP contribution in [0.3, 0.4) is 0 Å². The first-order chi connectivity index (χ1) is 19.7. The van der Waals surface area contributed by atoms with Gasteiger partial charge in [-0.25, -0.2) is 14.5 Å². The summed E-state index contributed by atoms with van der Waals surface area (Å²) in [6.07, 6.45) is 4.08. The second-order valence-electron chi connectivity index (χ2n) is 13.4. The fraction of sp³-hybridized carbons (Fsp3) is 0.750. The van der Waals surface area contributed by atoms with Crippen molar-refractivity contribution >= 4 is 37.9 Å². The second kappa shape index (κ2) is 12.0. The van der Waals surface area contributed by atoms with E-state index < -0.39 is 60.5 Å². The number of urea groups is 2. The average Bonchev–Trinajstić information content (AvgIpc) is 3.07. The first-order valence-electron chi connectivity index (χ1n) is 15.0.